The Morgan fingerprint density at radius 1 is 1.05 bits per heavy atom. The number of carbonyl (C=O) groups is 3. The molecule has 41 heavy (non-hydrogen) atoms. The number of hydrogen-bond acceptors (Lipinski definition) is 5. The van der Waals surface area contributed by atoms with E-state index in [2.05, 4.69) is 10.3 Å². The standard InChI is InChI=1S/C32H38FN5O3/c1-18(2)38(19(3)4)31(40)25-14-22(33)6-8-27(25)37-17-26(24-9-11-34-15-28(24)37)30(39)21-10-12-36(16-21)32(41)29-20-5-7-23(13-20)35-29/h6,8-9,11,14-15,17-21,23,29,35H,5,7,10,12-13,16H2,1-4H3/t20-,21-,23+,29-/m0/s1. The van der Waals surface area contributed by atoms with Crippen LogP contribution in [-0.4, -0.2) is 74.2 Å². The van der Waals surface area contributed by atoms with Crippen LogP contribution in [-0.2, 0) is 4.79 Å². The summed E-state index contributed by atoms with van der Waals surface area (Å²) in [6.45, 7) is 8.72. The van der Waals surface area contributed by atoms with Crippen molar-refractivity contribution >= 4 is 28.5 Å². The van der Waals surface area contributed by atoms with E-state index in [-0.39, 0.29) is 47.2 Å². The largest absolute Gasteiger partial charge is 0.341 e. The SMILES string of the molecule is CC(C)N(C(=O)c1cc(F)ccc1-n1cc(C(=O)[C@H]2CCN(C(=O)[C@H]3N[C@@H]4CC[C@H]3C4)C2)c2ccncc21)C(C)C. The van der Waals surface area contributed by atoms with E-state index < -0.39 is 5.82 Å². The van der Waals surface area contributed by atoms with Gasteiger partial charge in [0.1, 0.15) is 5.82 Å². The lowest BCUT2D eigenvalue weighted by Gasteiger charge is -2.31. The molecular formula is C32H38FN5O3. The van der Waals surface area contributed by atoms with Crippen LogP contribution in [0.2, 0.25) is 0 Å². The maximum atomic E-state index is 14.5. The number of amides is 2. The molecular weight excluding hydrogens is 521 g/mol. The van der Waals surface area contributed by atoms with Gasteiger partial charge in [-0.25, -0.2) is 4.39 Å². The Morgan fingerprint density at radius 3 is 2.51 bits per heavy atom. The summed E-state index contributed by atoms with van der Waals surface area (Å²) in [4.78, 5) is 48.9. The normalized spacial score (nSPS) is 23.7. The molecule has 1 saturated carbocycles. The highest BCUT2D eigenvalue weighted by molar-refractivity contribution is 6.10. The van der Waals surface area contributed by atoms with E-state index in [1.807, 2.05) is 32.6 Å². The van der Waals surface area contributed by atoms with Gasteiger partial charge in [0.25, 0.3) is 5.91 Å². The van der Waals surface area contributed by atoms with Crippen molar-refractivity contribution in [2.45, 2.75) is 77.5 Å². The van der Waals surface area contributed by atoms with Crippen LogP contribution in [0.5, 0.6) is 0 Å². The van der Waals surface area contributed by atoms with Crippen molar-refractivity contribution in [1.29, 1.82) is 0 Å². The predicted octanol–water partition coefficient (Wildman–Crippen LogP) is 4.60. The first-order valence-electron chi connectivity index (χ1n) is 14.8. The number of nitrogens with zero attached hydrogens (tertiary/aromatic N) is 4. The number of likely N-dealkylation sites (tertiary alicyclic amines) is 1. The molecule has 2 aliphatic heterocycles. The predicted molar refractivity (Wildman–Crippen MR) is 155 cm³/mol. The fraction of sp³-hybridized carbons (Fsp3) is 0.500. The van der Waals surface area contributed by atoms with Gasteiger partial charge in [-0.3, -0.25) is 19.4 Å². The molecule has 0 radical (unpaired) electrons. The number of Topliss-reactive ketones (excluding diaryl/α,β-unsaturated/α-hetero) is 1. The Morgan fingerprint density at radius 2 is 1.83 bits per heavy atom. The van der Waals surface area contributed by atoms with E-state index in [4.69, 9.17) is 0 Å². The first kappa shape index (κ1) is 27.6. The zero-order chi connectivity index (χ0) is 29.0. The van der Waals surface area contributed by atoms with Crippen molar-refractivity contribution in [1.82, 2.24) is 24.7 Å². The third kappa shape index (κ3) is 4.84. The molecule has 1 aliphatic carbocycles. The number of benzene rings is 1. The summed E-state index contributed by atoms with van der Waals surface area (Å²) < 4.78 is 16.3. The summed E-state index contributed by atoms with van der Waals surface area (Å²) in [5, 5.41) is 4.20. The lowest BCUT2D eigenvalue weighted by molar-refractivity contribution is -0.133. The van der Waals surface area contributed by atoms with Crippen molar-refractivity contribution in [3.05, 3.63) is 59.8 Å². The quantitative estimate of drug-likeness (QED) is 0.428. The molecule has 3 aromatic rings. The first-order chi connectivity index (χ1) is 19.6. The van der Waals surface area contributed by atoms with E-state index in [1.54, 1.807) is 40.2 Å². The molecule has 3 fully saturated rings. The van der Waals surface area contributed by atoms with Crippen LogP contribution < -0.4 is 5.32 Å². The third-order valence-corrected chi connectivity index (χ3v) is 9.17. The summed E-state index contributed by atoms with van der Waals surface area (Å²) in [7, 11) is 0. The molecule has 0 spiro atoms. The van der Waals surface area contributed by atoms with E-state index in [9.17, 15) is 18.8 Å². The summed E-state index contributed by atoms with van der Waals surface area (Å²) in [5.74, 6) is -0.594. The summed E-state index contributed by atoms with van der Waals surface area (Å²) in [5.41, 5.74) is 1.90. The van der Waals surface area contributed by atoms with Gasteiger partial charge in [-0.2, -0.15) is 0 Å². The van der Waals surface area contributed by atoms with Crippen molar-refractivity contribution in [3.63, 3.8) is 0 Å². The second-order valence-electron chi connectivity index (χ2n) is 12.4. The third-order valence-electron chi connectivity index (χ3n) is 9.17. The Balaban J connectivity index is 1.32. The maximum Gasteiger partial charge on any atom is 0.256 e. The van der Waals surface area contributed by atoms with E-state index in [1.165, 1.54) is 12.1 Å². The number of rotatable bonds is 7. The van der Waals surface area contributed by atoms with Crippen LogP contribution in [0.25, 0.3) is 16.6 Å². The van der Waals surface area contributed by atoms with Gasteiger partial charge in [-0.15, -0.1) is 0 Å². The molecule has 2 aromatic heterocycles. The lowest BCUT2D eigenvalue weighted by atomic mass is 9.96. The number of carbonyl (C=O) groups excluding carboxylic acids is 3. The van der Waals surface area contributed by atoms with E-state index >= 15 is 0 Å². The van der Waals surface area contributed by atoms with Crippen molar-refractivity contribution in [2.75, 3.05) is 13.1 Å². The van der Waals surface area contributed by atoms with Crippen molar-refractivity contribution < 1.29 is 18.8 Å². The molecule has 1 aromatic carbocycles. The second-order valence-corrected chi connectivity index (χ2v) is 12.4. The number of nitrogens with one attached hydrogen (secondary N) is 1. The van der Waals surface area contributed by atoms with Gasteiger partial charge in [0, 0.05) is 60.5 Å². The highest BCUT2D eigenvalue weighted by Gasteiger charge is 2.45. The van der Waals surface area contributed by atoms with Crippen LogP contribution >= 0.6 is 0 Å². The molecule has 4 heterocycles. The van der Waals surface area contributed by atoms with Gasteiger partial charge in [0.2, 0.25) is 5.91 Å². The maximum absolute atomic E-state index is 14.5. The number of piperidine rings is 1. The van der Waals surface area contributed by atoms with Gasteiger partial charge >= 0.3 is 0 Å². The number of ketones is 1. The minimum atomic E-state index is -0.504. The number of fused-ring (bicyclic) bond motifs is 3. The van der Waals surface area contributed by atoms with Crippen molar-refractivity contribution in [3.8, 4) is 5.69 Å². The number of aromatic nitrogens is 2. The Labute approximate surface area is 239 Å². The molecule has 3 aliphatic rings. The topological polar surface area (TPSA) is 87.5 Å². The fourth-order valence-corrected chi connectivity index (χ4v) is 7.29. The van der Waals surface area contributed by atoms with Crippen LogP contribution in [0.4, 0.5) is 4.39 Å². The van der Waals surface area contributed by atoms with Crippen molar-refractivity contribution in [2.24, 2.45) is 11.8 Å². The number of hydrogen-bond donors (Lipinski definition) is 1. The van der Waals surface area contributed by atoms with Crippen LogP contribution in [0.3, 0.4) is 0 Å². The monoisotopic (exact) mass is 559 g/mol. The fourth-order valence-electron chi connectivity index (χ4n) is 7.29. The summed E-state index contributed by atoms with van der Waals surface area (Å²) >= 11 is 0. The van der Waals surface area contributed by atoms with Crippen LogP contribution in [0.1, 0.15) is 74.1 Å². The molecule has 4 atom stereocenters. The summed E-state index contributed by atoms with van der Waals surface area (Å²) in [6.07, 6.45) is 8.97. The van der Waals surface area contributed by atoms with Gasteiger partial charge < -0.3 is 19.7 Å². The summed E-state index contributed by atoms with van der Waals surface area (Å²) in [6, 6.07) is 6.14. The number of pyridine rings is 1. The zero-order valence-corrected chi connectivity index (χ0v) is 24.1. The molecule has 6 rings (SSSR count). The average Bonchev–Trinajstić information content (AvgIpc) is 3.75. The molecule has 2 amide bonds. The average molecular weight is 560 g/mol. The highest BCUT2D eigenvalue weighted by Crippen LogP contribution is 2.37. The van der Waals surface area contributed by atoms with Gasteiger partial charge in [-0.05, 0) is 83.6 Å². The van der Waals surface area contributed by atoms with E-state index in [0.29, 0.717) is 48.2 Å². The molecule has 8 nitrogen and oxygen atoms in total. The Bertz CT molecular complexity index is 1510. The lowest BCUT2D eigenvalue weighted by Crippen LogP contribution is -2.48. The zero-order valence-electron chi connectivity index (χ0n) is 24.1. The minimum Gasteiger partial charge on any atom is -0.341 e. The van der Waals surface area contributed by atoms with Crippen LogP contribution in [0.15, 0.2) is 42.9 Å². The smallest absolute Gasteiger partial charge is 0.256 e. The second kappa shape index (κ2) is 10.7. The number of halogens is 1. The molecule has 0 unspecified atom stereocenters. The van der Waals surface area contributed by atoms with Gasteiger partial charge in [0.15, 0.2) is 5.78 Å². The van der Waals surface area contributed by atoms with E-state index in [0.717, 1.165) is 24.6 Å². The Hall–Kier alpha value is -3.59. The first-order valence-corrected chi connectivity index (χ1v) is 14.8. The molecule has 1 N–H and O–H groups in total. The van der Waals surface area contributed by atoms with Crippen LogP contribution in [0, 0.1) is 17.7 Å². The molecule has 2 bridgehead atoms. The van der Waals surface area contributed by atoms with Gasteiger partial charge in [-0.1, -0.05) is 0 Å². The molecule has 216 valence electrons. The van der Waals surface area contributed by atoms with Gasteiger partial charge in [0.05, 0.1) is 29.0 Å². The highest BCUT2D eigenvalue weighted by atomic mass is 19.1. The molecule has 2 saturated heterocycles. The molecule has 9 heteroatoms. The minimum absolute atomic E-state index is 0.0304. The Kier molecular flexibility index (Phi) is 7.18.